The Morgan fingerprint density at radius 1 is 1.29 bits per heavy atom. The zero-order chi connectivity index (χ0) is 19.7. The monoisotopic (exact) mass is 382 g/mol. The molecule has 9 heteroatoms. The van der Waals surface area contributed by atoms with Gasteiger partial charge in [-0.1, -0.05) is 6.07 Å². The average molecular weight is 382 g/mol. The van der Waals surface area contributed by atoms with Crippen molar-refractivity contribution in [2.75, 3.05) is 11.9 Å². The van der Waals surface area contributed by atoms with Gasteiger partial charge in [0.1, 0.15) is 6.10 Å². The fourth-order valence-corrected chi connectivity index (χ4v) is 3.02. The first kappa shape index (κ1) is 17.9. The maximum Gasteiger partial charge on any atom is 0.407 e. The van der Waals surface area contributed by atoms with Crippen LogP contribution in [0.25, 0.3) is 11.1 Å². The second-order valence-electron chi connectivity index (χ2n) is 6.70. The lowest BCUT2D eigenvalue weighted by atomic mass is 10.1. The van der Waals surface area contributed by atoms with Crippen LogP contribution in [0.5, 0.6) is 0 Å². The van der Waals surface area contributed by atoms with Crippen molar-refractivity contribution >= 4 is 17.7 Å². The number of nitrogens with one attached hydrogen (secondary N) is 2. The summed E-state index contributed by atoms with van der Waals surface area (Å²) in [5, 5.41) is 10.1. The van der Waals surface area contributed by atoms with Crippen molar-refractivity contribution in [1.29, 1.82) is 0 Å². The molecule has 1 aliphatic heterocycles. The molecule has 4 rings (SSSR count). The Morgan fingerprint density at radius 2 is 2.14 bits per heavy atom. The fraction of sp³-hybridized carbons (Fsp3) is 0.263. The van der Waals surface area contributed by atoms with Crippen molar-refractivity contribution in [3.63, 3.8) is 0 Å². The fourth-order valence-electron chi connectivity index (χ4n) is 3.02. The molecule has 0 saturated carbocycles. The van der Waals surface area contributed by atoms with Gasteiger partial charge in [0.15, 0.2) is 5.82 Å². The third kappa shape index (κ3) is 3.93. The molecule has 3 aromatic rings. The highest BCUT2D eigenvalue weighted by Gasteiger charge is 2.23. The summed E-state index contributed by atoms with van der Waals surface area (Å²) in [5.41, 5.74) is 4.02. The van der Waals surface area contributed by atoms with Gasteiger partial charge in [-0.2, -0.15) is 5.10 Å². The summed E-state index contributed by atoms with van der Waals surface area (Å²) in [6.45, 7) is 4.54. The topological polar surface area (TPSA) is 94.0 Å². The number of hydrogen-bond acceptors (Lipinski definition) is 6. The van der Waals surface area contributed by atoms with Gasteiger partial charge < -0.3 is 15.4 Å². The first-order valence-corrected chi connectivity index (χ1v) is 8.81. The minimum atomic E-state index is -0.439. The molecule has 0 radical (unpaired) electrons. The molecule has 0 bridgehead atoms. The standard InChI is InChI=1S/C19H19FN6O2/c1-11-3-13(5-15(4-11)25-18-21-8-17(20)12(2)24-18)14-6-23-26(9-14)10-16-7-22-19(27)28-16/h3-6,8-9,16H,7,10H2,1-2H3,(H,22,27)(H,21,24,25). The van der Waals surface area contributed by atoms with Crippen LogP contribution in [0.1, 0.15) is 11.3 Å². The second-order valence-corrected chi connectivity index (χ2v) is 6.70. The van der Waals surface area contributed by atoms with Gasteiger partial charge in [-0.15, -0.1) is 0 Å². The van der Waals surface area contributed by atoms with Gasteiger partial charge >= 0.3 is 6.09 Å². The highest BCUT2D eigenvalue weighted by molar-refractivity contribution is 5.70. The Balaban J connectivity index is 1.53. The lowest BCUT2D eigenvalue weighted by Gasteiger charge is -2.09. The van der Waals surface area contributed by atoms with E-state index in [9.17, 15) is 9.18 Å². The highest BCUT2D eigenvalue weighted by Crippen LogP contribution is 2.26. The zero-order valence-electron chi connectivity index (χ0n) is 15.4. The van der Waals surface area contributed by atoms with E-state index < -0.39 is 11.9 Å². The third-order valence-corrected chi connectivity index (χ3v) is 4.36. The molecule has 0 aliphatic carbocycles. The lowest BCUT2D eigenvalue weighted by molar-refractivity contribution is 0.129. The van der Waals surface area contributed by atoms with E-state index in [-0.39, 0.29) is 11.8 Å². The molecule has 1 fully saturated rings. The molecule has 144 valence electrons. The first-order valence-electron chi connectivity index (χ1n) is 8.81. The number of hydrogen-bond donors (Lipinski definition) is 2. The maximum atomic E-state index is 13.4. The van der Waals surface area contributed by atoms with Crippen LogP contribution in [-0.4, -0.2) is 38.5 Å². The van der Waals surface area contributed by atoms with Gasteiger partial charge in [0, 0.05) is 17.4 Å². The van der Waals surface area contributed by atoms with E-state index >= 15 is 0 Å². The average Bonchev–Trinajstić information content (AvgIpc) is 3.27. The third-order valence-electron chi connectivity index (χ3n) is 4.36. The Kier molecular flexibility index (Phi) is 4.64. The smallest absolute Gasteiger partial charge is 0.407 e. The van der Waals surface area contributed by atoms with Gasteiger partial charge in [0.2, 0.25) is 5.95 Å². The molecule has 0 spiro atoms. The normalized spacial score (nSPS) is 16.0. The van der Waals surface area contributed by atoms with Crippen LogP contribution in [0, 0.1) is 19.7 Å². The summed E-state index contributed by atoms with van der Waals surface area (Å²) in [6.07, 6.45) is 4.19. The number of carbonyl (C=O) groups excluding carboxylic acids is 1. The Labute approximate surface area is 160 Å². The van der Waals surface area contributed by atoms with E-state index in [1.54, 1.807) is 17.8 Å². The van der Waals surface area contributed by atoms with E-state index in [1.165, 1.54) is 0 Å². The number of alkyl carbamates (subject to hydrolysis) is 1. The summed E-state index contributed by atoms with van der Waals surface area (Å²) in [7, 11) is 0. The number of ether oxygens (including phenoxy) is 1. The number of anilines is 2. The SMILES string of the molecule is Cc1cc(Nc2ncc(F)c(C)n2)cc(-c2cnn(CC3CNC(=O)O3)c2)c1. The lowest BCUT2D eigenvalue weighted by Crippen LogP contribution is -2.20. The number of carbonyl (C=O) groups is 1. The van der Waals surface area contributed by atoms with Crippen molar-refractivity contribution in [3.8, 4) is 11.1 Å². The second kappa shape index (κ2) is 7.26. The van der Waals surface area contributed by atoms with Crippen LogP contribution in [-0.2, 0) is 11.3 Å². The predicted molar refractivity (Wildman–Crippen MR) is 101 cm³/mol. The van der Waals surface area contributed by atoms with Crippen molar-refractivity contribution in [2.24, 2.45) is 0 Å². The van der Waals surface area contributed by atoms with E-state index in [1.807, 2.05) is 31.3 Å². The van der Waals surface area contributed by atoms with Gasteiger partial charge in [-0.25, -0.2) is 19.2 Å². The maximum absolute atomic E-state index is 13.4. The molecule has 1 atom stereocenters. The van der Waals surface area contributed by atoms with Crippen LogP contribution in [0.15, 0.2) is 36.8 Å². The van der Waals surface area contributed by atoms with Crippen LogP contribution < -0.4 is 10.6 Å². The van der Waals surface area contributed by atoms with Crippen molar-refractivity contribution in [3.05, 3.63) is 53.9 Å². The van der Waals surface area contributed by atoms with Crippen molar-refractivity contribution in [2.45, 2.75) is 26.5 Å². The number of benzene rings is 1. The Morgan fingerprint density at radius 3 is 2.89 bits per heavy atom. The highest BCUT2D eigenvalue weighted by atomic mass is 19.1. The predicted octanol–water partition coefficient (Wildman–Crippen LogP) is 2.95. The summed E-state index contributed by atoms with van der Waals surface area (Å²) >= 11 is 0. The molecule has 1 saturated heterocycles. The molecule has 28 heavy (non-hydrogen) atoms. The molecule has 2 aromatic heterocycles. The Bertz CT molecular complexity index is 1040. The van der Waals surface area contributed by atoms with E-state index in [4.69, 9.17) is 4.74 Å². The van der Waals surface area contributed by atoms with Crippen molar-refractivity contribution in [1.82, 2.24) is 25.1 Å². The van der Waals surface area contributed by atoms with Crippen LogP contribution in [0.2, 0.25) is 0 Å². The largest absolute Gasteiger partial charge is 0.442 e. The molecule has 1 aromatic carbocycles. The number of aryl methyl sites for hydroxylation is 2. The van der Waals surface area contributed by atoms with Crippen molar-refractivity contribution < 1.29 is 13.9 Å². The molecule has 8 nitrogen and oxygen atoms in total. The number of cyclic esters (lactones) is 1. The minimum Gasteiger partial charge on any atom is -0.442 e. The summed E-state index contributed by atoms with van der Waals surface area (Å²) in [4.78, 5) is 19.2. The number of rotatable bonds is 5. The van der Waals surface area contributed by atoms with Gasteiger partial charge in [0.25, 0.3) is 0 Å². The minimum absolute atomic E-state index is 0.228. The molecular weight excluding hydrogens is 363 g/mol. The summed E-state index contributed by atoms with van der Waals surface area (Å²) in [5.74, 6) is -0.104. The molecule has 1 unspecified atom stereocenters. The van der Waals surface area contributed by atoms with Gasteiger partial charge in [0.05, 0.1) is 31.2 Å². The quantitative estimate of drug-likeness (QED) is 0.705. The number of nitrogens with zero attached hydrogens (tertiary/aromatic N) is 4. The van der Waals surface area contributed by atoms with E-state index in [2.05, 4.69) is 25.7 Å². The van der Waals surface area contributed by atoms with E-state index in [0.717, 1.165) is 28.6 Å². The molecule has 1 amide bonds. The Hall–Kier alpha value is -3.49. The van der Waals surface area contributed by atoms with E-state index in [0.29, 0.717) is 19.0 Å². The zero-order valence-corrected chi connectivity index (χ0v) is 15.4. The van der Waals surface area contributed by atoms with Gasteiger partial charge in [-0.05, 0) is 37.1 Å². The number of halogens is 1. The summed E-state index contributed by atoms with van der Waals surface area (Å²) < 4.78 is 20.3. The molecule has 2 N–H and O–H groups in total. The van der Waals surface area contributed by atoms with Crippen LogP contribution in [0.3, 0.4) is 0 Å². The molecule has 1 aliphatic rings. The molecule has 3 heterocycles. The van der Waals surface area contributed by atoms with Crippen LogP contribution in [0.4, 0.5) is 20.8 Å². The number of aromatic nitrogens is 4. The molecular formula is C19H19FN6O2. The number of amides is 1. The summed E-state index contributed by atoms with van der Waals surface area (Å²) in [6, 6.07) is 5.95. The van der Waals surface area contributed by atoms with Crippen LogP contribution >= 0.6 is 0 Å². The van der Waals surface area contributed by atoms with Gasteiger partial charge in [-0.3, -0.25) is 4.68 Å². The first-order chi connectivity index (χ1) is 13.5.